The summed E-state index contributed by atoms with van der Waals surface area (Å²) in [5, 5.41) is 0. The SMILES string of the molecule is CC(=O)OCC1=C[C@H]2OC(C)(C)O[C@H]2C1. The van der Waals surface area contributed by atoms with E-state index >= 15 is 0 Å². The van der Waals surface area contributed by atoms with Gasteiger partial charge in [0, 0.05) is 13.3 Å². The standard InChI is InChI=1S/C11H16O4/c1-7(12)13-6-8-4-9-10(5-8)15-11(2,3)14-9/h4,9-10H,5-6H2,1-3H3/t9-,10+/m1/s1. The summed E-state index contributed by atoms with van der Waals surface area (Å²) in [5.41, 5.74) is 1.08. The van der Waals surface area contributed by atoms with Crippen LogP contribution in [0, 0.1) is 0 Å². The topological polar surface area (TPSA) is 44.8 Å². The van der Waals surface area contributed by atoms with Crippen molar-refractivity contribution in [3.8, 4) is 0 Å². The predicted octanol–water partition coefficient (Wildman–Crippen LogP) is 1.40. The first-order chi connectivity index (χ1) is 6.96. The maximum atomic E-state index is 10.6. The van der Waals surface area contributed by atoms with Crippen LogP contribution in [0.25, 0.3) is 0 Å². The summed E-state index contributed by atoms with van der Waals surface area (Å²) in [6, 6.07) is 0. The zero-order valence-electron chi connectivity index (χ0n) is 9.28. The largest absolute Gasteiger partial charge is 0.461 e. The molecule has 0 radical (unpaired) electrons. The lowest BCUT2D eigenvalue weighted by molar-refractivity contribution is -0.146. The van der Waals surface area contributed by atoms with Gasteiger partial charge in [0.05, 0.1) is 6.10 Å². The fourth-order valence-corrected chi connectivity index (χ4v) is 2.02. The van der Waals surface area contributed by atoms with Crippen molar-refractivity contribution in [2.24, 2.45) is 0 Å². The molecule has 84 valence electrons. The van der Waals surface area contributed by atoms with E-state index < -0.39 is 5.79 Å². The van der Waals surface area contributed by atoms with Crippen LogP contribution in [0.3, 0.4) is 0 Å². The summed E-state index contributed by atoms with van der Waals surface area (Å²) in [6.45, 7) is 5.58. The van der Waals surface area contributed by atoms with Crippen molar-refractivity contribution in [2.45, 2.75) is 45.2 Å². The second-order valence-corrected chi connectivity index (χ2v) is 4.45. The molecule has 2 rings (SSSR count). The van der Waals surface area contributed by atoms with Crippen molar-refractivity contribution in [1.82, 2.24) is 0 Å². The fourth-order valence-electron chi connectivity index (χ4n) is 2.02. The number of carbonyl (C=O) groups excluding carboxylic acids is 1. The summed E-state index contributed by atoms with van der Waals surface area (Å²) in [6.07, 6.45) is 2.90. The zero-order chi connectivity index (χ0) is 11.1. The quantitative estimate of drug-likeness (QED) is 0.512. The Kier molecular flexibility index (Phi) is 2.56. The summed E-state index contributed by atoms with van der Waals surface area (Å²) < 4.78 is 16.3. The Balaban J connectivity index is 1.90. The lowest BCUT2D eigenvalue weighted by Gasteiger charge is -2.17. The minimum absolute atomic E-state index is 0.0190. The van der Waals surface area contributed by atoms with Gasteiger partial charge in [0.1, 0.15) is 12.7 Å². The van der Waals surface area contributed by atoms with Crippen molar-refractivity contribution in [1.29, 1.82) is 0 Å². The van der Waals surface area contributed by atoms with Crippen LogP contribution in [0.15, 0.2) is 11.6 Å². The summed E-state index contributed by atoms with van der Waals surface area (Å²) >= 11 is 0. The van der Waals surface area contributed by atoms with E-state index in [2.05, 4.69) is 0 Å². The van der Waals surface area contributed by atoms with Gasteiger partial charge in [-0.05, 0) is 19.4 Å². The number of fused-ring (bicyclic) bond motifs is 1. The van der Waals surface area contributed by atoms with Crippen LogP contribution >= 0.6 is 0 Å². The molecular formula is C11H16O4. The summed E-state index contributed by atoms with van der Waals surface area (Å²) in [7, 11) is 0. The van der Waals surface area contributed by atoms with Crippen LogP contribution < -0.4 is 0 Å². The molecule has 0 bridgehead atoms. The third-order valence-corrected chi connectivity index (χ3v) is 2.55. The minimum atomic E-state index is -0.487. The van der Waals surface area contributed by atoms with E-state index in [4.69, 9.17) is 14.2 Å². The third kappa shape index (κ3) is 2.38. The average Bonchev–Trinajstić information content (AvgIpc) is 2.53. The Morgan fingerprint density at radius 3 is 2.93 bits per heavy atom. The van der Waals surface area contributed by atoms with E-state index in [0.29, 0.717) is 6.61 Å². The normalized spacial score (nSPS) is 32.3. The van der Waals surface area contributed by atoms with Crippen LogP contribution in [0.2, 0.25) is 0 Å². The number of ether oxygens (including phenoxy) is 3. The molecular weight excluding hydrogens is 196 g/mol. The zero-order valence-corrected chi connectivity index (χ0v) is 9.28. The van der Waals surface area contributed by atoms with E-state index in [1.807, 2.05) is 19.9 Å². The third-order valence-electron chi connectivity index (χ3n) is 2.55. The molecule has 15 heavy (non-hydrogen) atoms. The smallest absolute Gasteiger partial charge is 0.302 e. The second-order valence-electron chi connectivity index (χ2n) is 4.45. The molecule has 0 saturated carbocycles. The number of hydrogen-bond donors (Lipinski definition) is 0. The molecule has 2 aliphatic rings. The molecule has 1 saturated heterocycles. The van der Waals surface area contributed by atoms with Crippen LogP contribution in [0.1, 0.15) is 27.2 Å². The molecule has 0 aromatic carbocycles. The van der Waals surface area contributed by atoms with Gasteiger partial charge in [-0.15, -0.1) is 0 Å². The van der Waals surface area contributed by atoms with E-state index in [1.54, 1.807) is 0 Å². The minimum Gasteiger partial charge on any atom is -0.461 e. The highest BCUT2D eigenvalue weighted by atomic mass is 16.8. The van der Waals surface area contributed by atoms with Crippen molar-refractivity contribution < 1.29 is 19.0 Å². The van der Waals surface area contributed by atoms with Gasteiger partial charge in [-0.25, -0.2) is 0 Å². The number of esters is 1. The van der Waals surface area contributed by atoms with Crippen molar-refractivity contribution in [3.05, 3.63) is 11.6 Å². The fraction of sp³-hybridized carbons (Fsp3) is 0.727. The van der Waals surface area contributed by atoms with Crippen molar-refractivity contribution in [3.63, 3.8) is 0 Å². The molecule has 2 atom stereocenters. The van der Waals surface area contributed by atoms with E-state index in [1.165, 1.54) is 6.92 Å². The first-order valence-electron chi connectivity index (χ1n) is 5.15. The molecule has 0 unspecified atom stereocenters. The second kappa shape index (κ2) is 3.61. The molecule has 4 nitrogen and oxygen atoms in total. The highest BCUT2D eigenvalue weighted by molar-refractivity contribution is 5.66. The molecule has 0 aromatic heterocycles. The number of carbonyl (C=O) groups is 1. The number of rotatable bonds is 2. The van der Waals surface area contributed by atoms with Crippen LogP contribution in [-0.2, 0) is 19.0 Å². The lowest BCUT2D eigenvalue weighted by atomic mass is 10.2. The number of hydrogen-bond acceptors (Lipinski definition) is 4. The Morgan fingerprint density at radius 1 is 1.60 bits per heavy atom. The molecule has 0 amide bonds. The van der Waals surface area contributed by atoms with Gasteiger partial charge in [-0.1, -0.05) is 6.08 Å². The molecule has 1 heterocycles. The maximum absolute atomic E-state index is 10.6. The van der Waals surface area contributed by atoms with E-state index in [9.17, 15) is 4.79 Å². The van der Waals surface area contributed by atoms with Crippen LogP contribution in [0.4, 0.5) is 0 Å². The van der Waals surface area contributed by atoms with Crippen molar-refractivity contribution in [2.75, 3.05) is 6.61 Å². The monoisotopic (exact) mass is 212 g/mol. The van der Waals surface area contributed by atoms with Gasteiger partial charge < -0.3 is 14.2 Å². The molecule has 0 aromatic rings. The van der Waals surface area contributed by atoms with Crippen LogP contribution in [0.5, 0.6) is 0 Å². The van der Waals surface area contributed by atoms with Gasteiger partial charge in [-0.2, -0.15) is 0 Å². The van der Waals surface area contributed by atoms with Gasteiger partial charge in [0.2, 0.25) is 0 Å². The first kappa shape index (κ1) is 10.6. The molecule has 1 aliphatic carbocycles. The first-order valence-corrected chi connectivity index (χ1v) is 5.15. The van der Waals surface area contributed by atoms with Gasteiger partial charge in [-0.3, -0.25) is 4.79 Å². The Labute approximate surface area is 89.2 Å². The summed E-state index contributed by atoms with van der Waals surface area (Å²) in [5.74, 6) is -0.742. The highest BCUT2D eigenvalue weighted by Crippen LogP contribution is 2.36. The molecule has 1 aliphatic heterocycles. The molecule has 0 N–H and O–H groups in total. The molecule has 0 spiro atoms. The molecule has 1 fully saturated rings. The van der Waals surface area contributed by atoms with E-state index in [-0.39, 0.29) is 18.2 Å². The summed E-state index contributed by atoms with van der Waals surface area (Å²) in [4.78, 5) is 10.6. The Hall–Kier alpha value is -0.870. The Morgan fingerprint density at radius 2 is 2.33 bits per heavy atom. The van der Waals surface area contributed by atoms with Gasteiger partial charge >= 0.3 is 5.97 Å². The Bertz CT molecular complexity index is 306. The average molecular weight is 212 g/mol. The van der Waals surface area contributed by atoms with Crippen LogP contribution in [-0.4, -0.2) is 30.6 Å². The predicted molar refractivity (Wildman–Crippen MR) is 53.2 cm³/mol. The van der Waals surface area contributed by atoms with Gasteiger partial charge in [0.25, 0.3) is 0 Å². The van der Waals surface area contributed by atoms with Gasteiger partial charge in [0.15, 0.2) is 5.79 Å². The lowest BCUT2D eigenvalue weighted by Crippen LogP contribution is -2.22. The molecule has 4 heteroatoms. The van der Waals surface area contributed by atoms with E-state index in [0.717, 1.165) is 12.0 Å². The maximum Gasteiger partial charge on any atom is 0.302 e. The highest BCUT2D eigenvalue weighted by Gasteiger charge is 2.43. The van der Waals surface area contributed by atoms with Crippen molar-refractivity contribution >= 4 is 5.97 Å².